The Morgan fingerprint density at radius 1 is 1.00 bits per heavy atom. The Labute approximate surface area is 176 Å². The van der Waals surface area contributed by atoms with Crippen LogP contribution >= 0.6 is 0 Å². The van der Waals surface area contributed by atoms with Gasteiger partial charge in [-0.25, -0.2) is 9.48 Å². The molecule has 0 aliphatic heterocycles. The molecule has 0 bridgehead atoms. The lowest BCUT2D eigenvalue weighted by Crippen LogP contribution is -2.16. The van der Waals surface area contributed by atoms with Crippen LogP contribution in [0.3, 0.4) is 0 Å². The van der Waals surface area contributed by atoms with Gasteiger partial charge in [-0.05, 0) is 24.1 Å². The zero-order chi connectivity index (χ0) is 21.0. The molecule has 0 N–H and O–H groups in total. The maximum Gasteiger partial charge on any atom is 0.434 e. The van der Waals surface area contributed by atoms with Crippen LogP contribution < -0.4 is 10.1 Å². The highest BCUT2D eigenvalue weighted by Gasteiger charge is 2.07. The van der Waals surface area contributed by atoms with Crippen molar-refractivity contribution in [2.45, 2.75) is 39.2 Å². The van der Waals surface area contributed by atoms with Gasteiger partial charge >= 0.3 is 6.09 Å². The van der Waals surface area contributed by atoms with E-state index in [0.717, 1.165) is 24.1 Å². The second-order valence-corrected chi connectivity index (χ2v) is 6.86. The van der Waals surface area contributed by atoms with Crippen molar-refractivity contribution in [1.82, 2.24) is 9.78 Å². The molecule has 1 amide bonds. The van der Waals surface area contributed by atoms with Crippen LogP contribution in [0.15, 0.2) is 77.9 Å². The highest BCUT2D eigenvalue weighted by atomic mass is 16.5. The summed E-state index contributed by atoms with van der Waals surface area (Å²) in [5.41, 5.74) is 1.78. The number of aromatic nitrogens is 2. The summed E-state index contributed by atoms with van der Waals surface area (Å²) in [5, 5.41) is 4.82. The van der Waals surface area contributed by atoms with Crippen molar-refractivity contribution in [3.63, 3.8) is 0 Å². The Balaban J connectivity index is 1.75. The smallest absolute Gasteiger partial charge is 0.434 e. The van der Waals surface area contributed by atoms with Crippen molar-refractivity contribution < 1.29 is 14.3 Å². The Morgan fingerprint density at radius 2 is 1.73 bits per heavy atom. The first-order valence-electron chi connectivity index (χ1n) is 10.3. The molecule has 6 nitrogen and oxygen atoms in total. The molecule has 0 unspecified atom stereocenters. The summed E-state index contributed by atoms with van der Waals surface area (Å²) < 4.78 is 12.9. The molecule has 156 valence electrons. The van der Waals surface area contributed by atoms with E-state index >= 15 is 0 Å². The van der Waals surface area contributed by atoms with Crippen molar-refractivity contribution in [2.75, 3.05) is 6.61 Å². The number of hydrogen-bond acceptors (Lipinski definition) is 4. The maximum absolute atomic E-state index is 12.1. The van der Waals surface area contributed by atoms with E-state index in [1.54, 1.807) is 10.7 Å². The molecule has 0 atom stereocenters. The van der Waals surface area contributed by atoms with Gasteiger partial charge in [-0.3, -0.25) is 0 Å². The molecule has 0 radical (unpaired) electrons. The minimum atomic E-state index is -0.660. The van der Waals surface area contributed by atoms with E-state index in [9.17, 15) is 4.79 Å². The van der Waals surface area contributed by atoms with Crippen LogP contribution in [0.25, 0.3) is 5.69 Å². The Hall–Kier alpha value is -3.41. The lowest BCUT2D eigenvalue weighted by atomic mass is 10.2. The van der Waals surface area contributed by atoms with E-state index < -0.39 is 6.09 Å². The van der Waals surface area contributed by atoms with Crippen molar-refractivity contribution in [2.24, 2.45) is 4.99 Å². The average molecular weight is 405 g/mol. The predicted octanol–water partition coefficient (Wildman–Crippen LogP) is 5.07. The molecular weight excluding hydrogens is 378 g/mol. The number of amides is 1. The third-order valence-electron chi connectivity index (χ3n) is 4.46. The second-order valence-electron chi connectivity index (χ2n) is 6.86. The molecule has 0 saturated carbocycles. The van der Waals surface area contributed by atoms with E-state index in [-0.39, 0.29) is 6.61 Å². The zero-order valence-corrected chi connectivity index (χ0v) is 17.2. The van der Waals surface area contributed by atoms with Crippen LogP contribution in [-0.2, 0) is 11.3 Å². The van der Waals surface area contributed by atoms with Gasteiger partial charge in [-0.1, -0.05) is 74.7 Å². The van der Waals surface area contributed by atoms with Crippen LogP contribution in [0.5, 0.6) is 5.88 Å². The molecule has 30 heavy (non-hydrogen) atoms. The molecular formula is C24H27N3O3. The fourth-order valence-corrected chi connectivity index (χ4v) is 2.89. The second kappa shape index (κ2) is 11.6. The number of carbonyl (C=O) groups excluding carboxylic acids is 1. The number of unbranched alkanes of at least 4 members (excludes halogenated alkanes) is 3. The largest absolute Gasteiger partial charge is 0.478 e. The van der Waals surface area contributed by atoms with Crippen LogP contribution in [0, 0.1) is 0 Å². The molecule has 0 aliphatic rings. The number of nitrogens with zero attached hydrogens (tertiary/aromatic N) is 3. The molecule has 2 aromatic carbocycles. The quantitative estimate of drug-likeness (QED) is 0.466. The van der Waals surface area contributed by atoms with Gasteiger partial charge < -0.3 is 9.47 Å². The third kappa shape index (κ3) is 6.58. The number of rotatable bonds is 9. The first kappa shape index (κ1) is 21.3. The van der Waals surface area contributed by atoms with Gasteiger partial charge in [0.1, 0.15) is 6.61 Å². The maximum atomic E-state index is 12.1. The molecule has 0 spiro atoms. The summed E-state index contributed by atoms with van der Waals surface area (Å²) in [6.45, 7) is 2.93. The number of ether oxygens (including phenoxy) is 2. The molecule has 0 aliphatic carbocycles. The van der Waals surface area contributed by atoms with Gasteiger partial charge in [0.25, 0.3) is 0 Å². The average Bonchev–Trinajstić information content (AvgIpc) is 2.79. The highest BCUT2D eigenvalue weighted by molar-refractivity contribution is 5.68. The number of hydrogen-bond donors (Lipinski definition) is 0. The number of carbonyl (C=O) groups is 1. The van der Waals surface area contributed by atoms with Gasteiger partial charge in [0.2, 0.25) is 5.88 Å². The lowest BCUT2D eigenvalue weighted by Gasteiger charge is -2.13. The van der Waals surface area contributed by atoms with Crippen LogP contribution in [0.1, 0.15) is 38.2 Å². The van der Waals surface area contributed by atoms with Gasteiger partial charge in [-0.2, -0.15) is 10.1 Å². The van der Waals surface area contributed by atoms with Crippen LogP contribution in [0.4, 0.5) is 4.79 Å². The molecule has 0 fully saturated rings. The summed E-state index contributed by atoms with van der Waals surface area (Å²) in [6, 6.07) is 20.9. The predicted molar refractivity (Wildman–Crippen MR) is 115 cm³/mol. The third-order valence-corrected chi connectivity index (χ3v) is 4.46. The van der Waals surface area contributed by atoms with Crippen molar-refractivity contribution in [3.8, 4) is 11.6 Å². The first-order chi connectivity index (χ1) is 14.8. The lowest BCUT2D eigenvalue weighted by molar-refractivity contribution is 0.150. The minimum absolute atomic E-state index is 0.175. The molecule has 3 aromatic rings. The molecule has 1 aromatic heterocycles. The highest BCUT2D eigenvalue weighted by Crippen LogP contribution is 2.15. The van der Waals surface area contributed by atoms with Crippen molar-refractivity contribution >= 4 is 6.09 Å². The number of para-hydroxylation sites is 1. The molecule has 6 heteroatoms. The van der Waals surface area contributed by atoms with Crippen molar-refractivity contribution in [1.29, 1.82) is 0 Å². The van der Waals surface area contributed by atoms with Gasteiger partial charge in [0.05, 0.1) is 23.8 Å². The fraction of sp³-hybridized carbons (Fsp3) is 0.292. The number of benzene rings is 2. The van der Waals surface area contributed by atoms with Gasteiger partial charge in [0.15, 0.2) is 0 Å². The first-order valence-corrected chi connectivity index (χ1v) is 10.3. The summed E-state index contributed by atoms with van der Waals surface area (Å²) in [4.78, 5) is 16.1. The monoisotopic (exact) mass is 405 g/mol. The molecule has 1 heterocycles. The molecule has 3 rings (SSSR count). The van der Waals surface area contributed by atoms with Crippen molar-refractivity contribution in [3.05, 3.63) is 83.8 Å². The standard InChI is InChI=1S/C24H27N3O3/c1-2-3-4-11-16-29-23-17-21(18-25-27(23)22-14-9-6-10-15-22)26-24(28)30-19-20-12-7-5-8-13-20/h5-10,12-15,17-18H,2-4,11,16,19H2,1H3/b26-21+. The minimum Gasteiger partial charge on any atom is -0.478 e. The van der Waals surface area contributed by atoms with Crippen LogP contribution in [0.2, 0.25) is 0 Å². The normalized spacial score (nSPS) is 11.3. The Bertz CT molecular complexity index is 985. The van der Waals surface area contributed by atoms with E-state index in [4.69, 9.17) is 9.47 Å². The van der Waals surface area contributed by atoms with E-state index in [2.05, 4.69) is 17.0 Å². The topological polar surface area (TPSA) is 65.7 Å². The zero-order valence-electron chi connectivity index (χ0n) is 17.2. The van der Waals surface area contributed by atoms with Gasteiger partial charge in [0, 0.05) is 6.07 Å². The molecule has 0 saturated heterocycles. The van der Waals surface area contributed by atoms with E-state index in [0.29, 0.717) is 17.8 Å². The Morgan fingerprint density at radius 3 is 2.47 bits per heavy atom. The van der Waals surface area contributed by atoms with E-state index in [1.807, 2.05) is 60.7 Å². The summed E-state index contributed by atoms with van der Waals surface area (Å²) in [5.74, 6) is 0.537. The SMILES string of the molecule is CCCCCCOc1c/c(=N\C(=O)OCc2ccccc2)cnn1-c1ccccc1. The van der Waals surface area contributed by atoms with Gasteiger partial charge in [-0.15, -0.1) is 0 Å². The summed E-state index contributed by atoms with van der Waals surface area (Å²) in [6.07, 6.45) is 5.30. The summed E-state index contributed by atoms with van der Waals surface area (Å²) >= 11 is 0. The fourth-order valence-electron chi connectivity index (χ4n) is 2.89. The Kier molecular flexibility index (Phi) is 8.21. The van der Waals surface area contributed by atoms with Crippen LogP contribution in [-0.4, -0.2) is 22.5 Å². The van der Waals surface area contributed by atoms with E-state index in [1.165, 1.54) is 19.0 Å². The summed E-state index contributed by atoms with van der Waals surface area (Å²) in [7, 11) is 0.